The van der Waals surface area contributed by atoms with Crippen molar-refractivity contribution in [1.82, 2.24) is 14.9 Å². The van der Waals surface area contributed by atoms with E-state index in [1.54, 1.807) is 4.90 Å². The van der Waals surface area contributed by atoms with Crippen LogP contribution in [0.3, 0.4) is 0 Å². The van der Waals surface area contributed by atoms with Crippen molar-refractivity contribution in [3.63, 3.8) is 0 Å². The van der Waals surface area contributed by atoms with Gasteiger partial charge in [-0.05, 0) is 48.9 Å². The number of nitrogens with zero attached hydrogens (tertiary/aromatic N) is 3. The summed E-state index contributed by atoms with van der Waals surface area (Å²) in [4.78, 5) is 22.3. The van der Waals surface area contributed by atoms with E-state index in [-0.39, 0.29) is 23.3 Å². The minimum Gasteiger partial charge on any atom is -0.480 e. The predicted octanol–water partition coefficient (Wildman–Crippen LogP) is 2.86. The summed E-state index contributed by atoms with van der Waals surface area (Å²) in [6.07, 6.45) is 4.80. The first kappa shape index (κ1) is 17.3. The minimum atomic E-state index is -0.430. The molecule has 5 nitrogen and oxygen atoms in total. The van der Waals surface area contributed by atoms with Crippen LogP contribution in [0.25, 0.3) is 0 Å². The summed E-state index contributed by atoms with van der Waals surface area (Å²) in [5.74, 6) is -0.493. The molecule has 0 radical (unpaired) electrons. The molecule has 1 aromatic carbocycles. The van der Waals surface area contributed by atoms with Gasteiger partial charge in [-0.3, -0.25) is 9.78 Å². The fraction of sp³-hybridized carbons (Fsp3) is 0.389. The zero-order valence-corrected chi connectivity index (χ0v) is 13.9. The van der Waals surface area contributed by atoms with Crippen LogP contribution in [0.2, 0.25) is 0 Å². The first-order chi connectivity index (χ1) is 12.1. The van der Waals surface area contributed by atoms with Crippen LogP contribution in [-0.4, -0.2) is 41.0 Å². The summed E-state index contributed by atoms with van der Waals surface area (Å²) in [6, 6.07) is 3.53. The Morgan fingerprint density at radius 3 is 2.76 bits per heavy atom. The lowest BCUT2D eigenvalue weighted by Crippen LogP contribution is -2.39. The highest BCUT2D eigenvalue weighted by molar-refractivity contribution is 5.92. The van der Waals surface area contributed by atoms with E-state index >= 15 is 0 Å². The summed E-state index contributed by atoms with van der Waals surface area (Å²) >= 11 is 0. The van der Waals surface area contributed by atoms with E-state index in [4.69, 9.17) is 4.74 Å². The predicted molar refractivity (Wildman–Crippen MR) is 87.3 cm³/mol. The van der Waals surface area contributed by atoms with Gasteiger partial charge in [0.15, 0.2) is 5.69 Å². The van der Waals surface area contributed by atoms with E-state index in [9.17, 15) is 13.6 Å². The van der Waals surface area contributed by atoms with E-state index in [1.807, 2.05) is 0 Å². The Balaban J connectivity index is 1.59. The van der Waals surface area contributed by atoms with Crippen molar-refractivity contribution in [2.75, 3.05) is 20.2 Å². The second kappa shape index (κ2) is 7.55. The number of methoxy groups -OCH3 is 1. The standard InChI is InChI=1S/C18H19F2N3O2/c1-25-17-11-21-10-16(22-17)18(24)23-6-4-12(5-7-23)8-13-9-14(19)2-3-15(13)20/h2-3,9-12H,4-8H2,1H3. The first-order valence-electron chi connectivity index (χ1n) is 8.16. The average Bonchev–Trinajstić information content (AvgIpc) is 2.65. The summed E-state index contributed by atoms with van der Waals surface area (Å²) in [5, 5.41) is 0. The van der Waals surface area contributed by atoms with E-state index < -0.39 is 5.82 Å². The van der Waals surface area contributed by atoms with E-state index in [0.29, 0.717) is 31.0 Å². The number of amides is 1. The van der Waals surface area contributed by atoms with Crippen LogP contribution in [-0.2, 0) is 6.42 Å². The molecule has 3 rings (SSSR count). The molecular weight excluding hydrogens is 328 g/mol. The highest BCUT2D eigenvalue weighted by atomic mass is 19.1. The van der Waals surface area contributed by atoms with Gasteiger partial charge in [-0.2, -0.15) is 0 Å². The fourth-order valence-electron chi connectivity index (χ4n) is 3.06. The Morgan fingerprint density at radius 2 is 2.04 bits per heavy atom. The normalized spacial score (nSPS) is 15.2. The second-order valence-electron chi connectivity index (χ2n) is 6.12. The van der Waals surface area contributed by atoms with Gasteiger partial charge in [-0.15, -0.1) is 0 Å². The number of piperidine rings is 1. The number of aromatic nitrogens is 2. The topological polar surface area (TPSA) is 55.3 Å². The van der Waals surface area contributed by atoms with Gasteiger partial charge in [0.1, 0.15) is 11.6 Å². The van der Waals surface area contributed by atoms with Crippen LogP contribution < -0.4 is 4.74 Å². The number of hydrogen-bond donors (Lipinski definition) is 0. The molecule has 0 spiro atoms. The quantitative estimate of drug-likeness (QED) is 0.853. The molecule has 1 saturated heterocycles. The maximum atomic E-state index is 13.8. The monoisotopic (exact) mass is 347 g/mol. The zero-order valence-electron chi connectivity index (χ0n) is 13.9. The number of likely N-dealkylation sites (tertiary alicyclic amines) is 1. The molecule has 1 fully saturated rings. The van der Waals surface area contributed by atoms with E-state index in [2.05, 4.69) is 9.97 Å². The third-order valence-electron chi connectivity index (χ3n) is 4.46. The largest absolute Gasteiger partial charge is 0.480 e. The first-order valence-corrected chi connectivity index (χ1v) is 8.16. The van der Waals surface area contributed by atoms with Crippen LogP contribution in [0.15, 0.2) is 30.6 Å². The Hall–Kier alpha value is -2.57. The van der Waals surface area contributed by atoms with Crippen molar-refractivity contribution < 1.29 is 18.3 Å². The number of benzene rings is 1. The molecule has 1 aromatic heterocycles. The van der Waals surface area contributed by atoms with Crippen molar-refractivity contribution in [3.8, 4) is 5.88 Å². The Labute approximate surface area is 144 Å². The smallest absolute Gasteiger partial charge is 0.274 e. The number of carbonyl (C=O) groups excluding carboxylic acids is 1. The summed E-state index contributed by atoms with van der Waals surface area (Å²) in [5.41, 5.74) is 0.636. The maximum Gasteiger partial charge on any atom is 0.274 e. The molecule has 0 N–H and O–H groups in total. The van der Waals surface area contributed by atoms with Gasteiger partial charge in [0, 0.05) is 13.1 Å². The van der Waals surface area contributed by atoms with Crippen LogP contribution in [0, 0.1) is 17.6 Å². The van der Waals surface area contributed by atoms with Crippen LogP contribution in [0.1, 0.15) is 28.9 Å². The molecule has 1 aliphatic heterocycles. The van der Waals surface area contributed by atoms with Gasteiger partial charge < -0.3 is 9.64 Å². The maximum absolute atomic E-state index is 13.8. The van der Waals surface area contributed by atoms with E-state index in [1.165, 1.54) is 25.6 Å². The van der Waals surface area contributed by atoms with E-state index in [0.717, 1.165) is 25.0 Å². The lowest BCUT2D eigenvalue weighted by atomic mass is 9.90. The van der Waals surface area contributed by atoms with Crippen LogP contribution in [0.5, 0.6) is 5.88 Å². The molecule has 132 valence electrons. The molecule has 1 amide bonds. The molecular formula is C18H19F2N3O2. The number of hydrogen-bond acceptors (Lipinski definition) is 4. The van der Waals surface area contributed by atoms with Crippen LogP contribution in [0.4, 0.5) is 8.78 Å². The second-order valence-corrected chi connectivity index (χ2v) is 6.12. The van der Waals surface area contributed by atoms with Crippen molar-refractivity contribution in [3.05, 3.63) is 53.5 Å². The lowest BCUT2D eigenvalue weighted by molar-refractivity contribution is 0.0682. The summed E-state index contributed by atoms with van der Waals surface area (Å²) < 4.78 is 32.0. The number of rotatable bonds is 4. The van der Waals surface area contributed by atoms with Crippen molar-refractivity contribution in [1.29, 1.82) is 0 Å². The fourth-order valence-corrected chi connectivity index (χ4v) is 3.06. The van der Waals surface area contributed by atoms with Gasteiger partial charge in [-0.1, -0.05) is 0 Å². The van der Waals surface area contributed by atoms with Crippen molar-refractivity contribution in [2.45, 2.75) is 19.3 Å². The molecule has 0 atom stereocenters. The Kier molecular flexibility index (Phi) is 5.21. The minimum absolute atomic E-state index is 0.193. The number of ether oxygens (including phenoxy) is 1. The Morgan fingerprint density at radius 1 is 1.28 bits per heavy atom. The highest BCUT2D eigenvalue weighted by Crippen LogP contribution is 2.24. The molecule has 0 unspecified atom stereocenters. The number of carbonyl (C=O) groups is 1. The average molecular weight is 347 g/mol. The third-order valence-corrected chi connectivity index (χ3v) is 4.46. The number of halogens is 2. The molecule has 1 aliphatic rings. The van der Waals surface area contributed by atoms with Gasteiger partial charge in [0.05, 0.1) is 19.5 Å². The Bertz CT molecular complexity index is 762. The lowest BCUT2D eigenvalue weighted by Gasteiger charge is -2.32. The molecule has 2 aromatic rings. The van der Waals surface area contributed by atoms with Crippen LogP contribution >= 0.6 is 0 Å². The highest BCUT2D eigenvalue weighted by Gasteiger charge is 2.25. The SMILES string of the molecule is COc1cncc(C(=O)N2CCC(Cc3cc(F)ccc3F)CC2)n1. The van der Waals surface area contributed by atoms with Crippen molar-refractivity contribution in [2.24, 2.45) is 5.92 Å². The van der Waals surface area contributed by atoms with Gasteiger partial charge in [0.2, 0.25) is 5.88 Å². The summed E-state index contributed by atoms with van der Waals surface area (Å²) in [6.45, 7) is 1.11. The van der Waals surface area contributed by atoms with Gasteiger partial charge in [0.25, 0.3) is 5.91 Å². The zero-order chi connectivity index (χ0) is 17.8. The third kappa shape index (κ3) is 4.10. The molecule has 0 aliphatic carbocycles. The molecule has 0 bridgehead atoms. The van der Waals surface area contributed by atoms with Crippen molar-refractivity contribution >= 4 is 5.91 Å². The van der Waals surface area contributed by atoms with Gasteiger partial charge in [-0.25, -0.2) is 13.8 Å². The molecule has 0 saturated carbocycles. The molecule has 25 heavy (non-hydrogen) atoms. The summed E-state index contributed by atoms with van der Waals surface area (Å²) in [7, 11) is 1.47. The molecule has 7 heteroatoms. The van der Waals surface area contributed by atoms with Gasteiger partial charge >= 0.3 is 0 Å². The molecule has 2 heterocycles.